The Labute approximate surface area is 157 Å². The van der Waals surface area contributed by atoms with Crippen molar-refractivity contribution in [3.8, 4) is 6.07 Å². The molecule has 0 aliphatic rings. The largest absolute Gasteiger partial charge is 0.325 e. The number of carbonyl (C=O) groups is 2. The molecule has 0 aliphatic carbocycles. The maximum Gasteiger partial charge on any atom is 0.325 e. The summed E-state index contributed by atoms with van der Waals surface area (Å²) in [6.45, 7) is 7.51. The molecular formula is C19H20N4O2S. The number of hydrogen-bond donors (Lipinski definition) is 2. The lowest BCUT2D eigenvalue weighted by atomic mass is 10.1. The van der Waals surface area contributed by atoms with Crippen LogP contribution in [0.1, 0.15) is 27.9 Å². The minimum Gasteiger partial charge on any atom is -0.307 e. The molecule has 0 fully saturated rings. The van der Waals surface area contributed by atoms with Gasteiger partial charge in [-0.15, -0.1) is 0 Å². The van der Waals surface area contributed by atoms with Gasteiger partial charge in [0.1, 0.15) is 11.1 Å². The van der Waals surface area contributed by atoms with E-state index in [1.807, 2.05) is 45.9 Å². The number of thioether (sulfide) groups is 1. The van der Waals surface area contributed by atoms with Gasteiger partial charge in [0.05, 0.1) is 11.3 Å². The normalized spacial score (nSPS) is 10.1. The number of pyridine rings is 1. The van der Waals surface area contributed by atoms with Crippen molar-refractivity contribution in [2.24, 2.45) is 0 Å². The molecule has 0 saturated heterocycles. The molecule has 0 atom stereocenters. The first kappa shape index (κ1) is 19.5. The van der Waals surface area contributed by atoms with Gasteiger partial charge in [-0.1, -0.05) is 29.5 Å². The number of amides is 3. The molecule has 0 unspecified atom stereocenters. The fourth-order valence-electron chi connectivity index (χ4n) is 2.45. The Morgan fingerprint density at radius 1 is 1.15 bits per heavy atom. The van der Waals surface area contributed by atoms with Crippen molar-refractivity contribution in [1.82, 2.24) is 10.3 Å². The summed E-state index contributed by atoms with van der Waals surface area (Å²) in [7, 11) is 0. The first-order valence-electron chi connectivity index (χ1n) is 7.99. The summed E-state index contributed by atoms with van der Waals surface area (Å²) in [5.41, 5.74) is 4.70. The fraction of sp³-hybridized carbons (Fsp3) is 0.263. The minimum absolute atomic E-state index is 0.00905. The quantitative estimate of drug-likeness (QED) is 0.804. The van der Waals surface area contributed by atoms with Crippen molar-refractivity contribution < 1.29 is 9.59 Å². The summed E-state index contributed by atoms with van der Waals surface area (Å²) in [5.74, 6) is -0.465. The number of anilines is 1. The van der Waals surface area contributed by atoms with Crippen molar-refractivity contribution in [3.05, 3.63) is 52.2 Å². The van der Waals surface area contributed by atoms with Crippen molar-refractivity contribution in [1.29, 1.82) is 5.26 Å². The van der Waals surface area contributed by atoms with E-state index in [1.165, 1.54) is 0 Å². The molecular weight excluding hydrogens is 348 g/mol. The van der Waals surface area contributed by atoms with Gasteiger partial charge in [-0.2, -0.15) is 5.26 Å². The summed E-state index contributed by atoms with van der Waals surface area (Å²) in [4.78, 5) is 28.3. The van der Waals surface area contributed by atoms with Gasteiger partial charge in [-0.25, -0.2) is 9.78 Å². The van der Waals surface area contributed by atoms with Gasteiger partial charge in [0.2, 0.25) is 5.91 Å². The Hall–Kier alpha value is -2.85. The molecule has 7 heteroatoms. The lowest BCUT2D eigenvalue weighted by Gasteiger charge is -2.10. The van der Waals surface area contributed by atoms with Crippen molar-refractivity contribution in [2.75, 3.05) is 11.1 Å². The van der Waals surface area contributed by atoms with Gasteiger partial charge in [0, 0.05) is 11.4 Å². The predicted octanol–water partition coefficient (Wildman–Crippen LogP) is 3.63. The maximum absolute atomic E-state index is 12.0. The van der Waals surface area contributed by atoms with E-state index in [0.717, 1.165) is 34.1 Å². The van der Waals surface area contributed by atoms with Crippen LogP contribution in [0.4, 0.5) is 10.5 Å². The van der Waals surface area contributed by atoms with Gasteiger partial charge in [0.25, 0.3) is 0 Å². The minimum atomic E-state index is -0.587. The van der Waals surface area contributed by atoms with Gasteiger partial charge >= 0.3 is 6.03 Å². The molecule has 2 rings (SSSR count). The zero-order chi connectivity index (χ0) is 19.3. The molecule has 0 bridgehead atoms. The highest BCUT2D eigenvalue weighted by Crippen LogP contribution is 2.23. The SMILES string of the molecule is Cc1ccc(NC(=O)NC(=O)CSc2nc(C)cc(C)c2C#N)c(C)c1. The lowest BCUT2D eigenvalue weighted by Crippen LogP contribution is -2.35. The molecule has 3 amide bonds. The van der Waals surface area contributed by atoms with Gasteiger partial charge in [0.15, 0.2) is 0 Å². The van der Waals surface area contributed by atoms with Crippen LogP contribution in [0.25, 0.3) is 0 Å². The first-order chi connectivity index (χ1) is 12.3. The molecule has 6 nitrogen and oxygen atoms in total. The van der Waals surface area contributed by atoms with Crippen LogP contribution >= 0.6 is 11.8 Å². The van der Waals surface area contributed by atoms with Crippen LogP contribution in [0.5, 0.6) is 0 Å². The van der Waals surface area contributed by atoms with E-state index in [9.17, 15) is 14.9 Å². The third-order valence-corrected chi connectivity index (χ3v) is 4.62. The molecule has 2 N–H and O–H groups in total. The topological polar surface area (TPSA) is 94.9 Å². The highest BCUT2D eigenvalue weighted by Gasteiger charge is 2.13. The van der Waals surface area contributed by atoms with E-state index < -0.39 is 11.9 Å². The number of rotatable bonds is 4. The number of nitrogens with one attached hydrogen (secondary N) is 2. The molecule has 2 aromatic rings. The predicted molar refractivity (Wildman–Crippen MR) is 102 cm³/mol. The number of nitriles is 1. The van der Waals surface area contributed by atoms with E-state index in [0.29, 0.717) is 16.3 Å². The van der Waals surface area contributed by atoms with Crippen molar-refractivity contribution in [3.63, 3.8) is 0 Å². The molecule has 26 heavy (non-hydrogen) atoms. The van der Waals surface area contributed by atoms with E-state index in [2.05, 4.69) is 21.7 Å². The highest BCUT2D eigenvalue weighted by atomic mass is 32.2. The summed E-state index contributed by atoms with van der Waals surface area (Å²) in [6.07, 6.45) is 0. The Morgan fingerprint density at radius 3 is 2.54 bits per heavy atom. The van der Waals surface area contributed by atoms with Gasteiger partial charge in [-0.05, 0) is 51.0 Å². The molecule has 1 aromatic heterocycles. The third-order valence-electron chi connectivity index (χ3n) is 3.65. The molecule has 0 saturated carbocycles. The Kier molecular flexibility index (Phi) is 6.36. The second kappa shape index (κ2) is 8.50. The Bertz CT molecular complexity index is 903. The zero-order valence-electron chi connectivity index (χ0n) is 15.1. The number of imide groups is 1. The van der Waals surface area contributed by atoms with Crippen LogP contribution in [0, 0.1) is 39.0 Å². The average molecular weight is 368 g/mol. The van der Waals surface area contributed by atoms with Crippen molar-refractivity contribution in [2.45, 2.75) is 32.7 Å². The molecule has 1 aromatic carbocycles. The number of aryl methyl sites for hydroxylation is 4. The lowest BCUT2D eigenvalue weighted by molar-refractivity contribution is -0.117. The third kappa shape index (κ3) is 5.07. The molecule has 0 radical (unpaired) electrons. The standard InChI is InChI=1S/C19H20N4O2S/c1-11-5-6-16(13(3)7-11)22-19(25)23-17(24)10-26-18-15(9-20)12(2)8-14(4)21-18/h5-8H,10H2,1-4H3,(H2,22,23,24,25). The van der Waals surface area contributed by atoms with E-state index in [1.54, 1.807) is 6.07 Å². The van der Waals surface area contributed by atoms with Crippen LogP contribution in [-0.4, -0.2) is 22.7 Å². The van der Waals surface area contributed by atoms with Crippen LogP contribution in [0.15, 0.2) is 29.3 Å². The maximum atomic E-state index is 12.0. The molecule has 1 heterocycles. The first-order valence-corrected chi connectivity index (χ1v) is 8.98. The number of benzene rings is 1. The number of aromatic nitrogens is 1. The smallest absolute Gasteiger partial charge is 0.307 e. The number of carbonyl (C=O) groups excluding carboxylic acids is 2. The zero-order valence-corrected chi connectivity index (χ0v) is 16.0. The second-order valence-corrected chi connectivity index (χ2v) is 6.95. The Morgan fingerprint density at radius 2 is 1.88 bits per heavy atom. The van der Waals surface area contributed by atoms with Gasteiger partial charge in [-0.3, -0.25) is 10.1 Å². The summed E-state index contributed by atoms with van der Waals surface area (Å²) in [6, 6.07) is 8.96. The van der Waals surface area contributed by atoms with Crippen molar-refractivity contribution >= 4 is 29.4 Å². The van der Waals surface area contributed by atoms with Crippen LogP contribution < -0.4 is 10.6 Å². The summed E-state index contributed by atoms with van der Waals surface area (Å²) < 4.78 is 0. The van der Waals surface area contributed by atoms with Crippen LogP contribution in [-0.2, 0) is 4.79 Å². The fourth-order valence-corrected chi connectivity index (χ4v) is 3.35. The monoisotopic (exact) mass is 368 g/mol. The summed E-state index contributed by atoms with van der Waals surface area (Å²) >= 11 is 1.14. The number of urea groups is 1. The van der Waals surface area contributed by atoms with Gasteiger partial charge < -0.3 is 5.32 Å². The average Bonchev–Trinajstić information content (AvgIpc) is 2.55. The Balaban J connectivity index is 1.95. The van der Waals surface area contributed by atoms with E-state index >= 15 is 0 Å². The van der Waals surface area contributed by atoms with E-state index in [4.69, 9.17) is 0 Å². The molecule has 0 spiro atoms. The molecule has 0 aliphatic heterocycles. The number of nitrogens with zero attached hydrogens (tertiary/aromatic N) is 2. The van der Waals surface area contributed by atoms with Crippen LogP contribution in [0.2, 0.25) is 0 Å². The van der Waals surface area contributed by atoms with Crippen LogP contribution in [0.3, 0.4) is 0 Å². The highest BCUT2D eigenvalue weighted by molar-refractivity contribution is 8.00. The van der Waals surface area contributed by atoms with E-state index in [-0.39, 0.29) is 5.75 Å². The second-order valence-electron chi connectivity index (χ2n) is 5.98. The number of hydrogen-bond acceptors (Lipinski definition) is 5. The summed E-state index contributed by atoms with van der Waals surface area (Å²) in [5, 5.41) is 14.7. The molecule has 134 valence electrons.